The summed E-state index contributed by atoms with van der Waals surface area (Å²) in [4.78, 5) is 12.2. The van der Waals surface area contributed by atoms with Gasteiger partial charge >= 0.3 is 0 Å². The topological polar surface area (TPSA) is 69.6 Å². The summed E-state index contributed by atoms with van der Waals surface area (Å²) in [5, 5.41) is 22.7. The Hall–Kier alpha value is -1.13. The van der Waals surface area contributed by atoms with Gasteiger partial charge in [-0.15, -0.1) is 0 Å². The fourth-order valence-electron chi connectivity index (χ4n) is 4.10. The average molecular weight is 480 g/mol. The number of nitrogens with one attached hydrogen (secondary N) is 1. The molecule has 34 heavy (non-hydrogen) atoms. The van der Waals surface area contributed by atoms with E-state index in [1.165, 1.54) is 83.5 Å². The zero-order valence-corrected chi connectivity index (χ0v) is 22.6. The van der Waals surface area contributed by atoms with Crippen molar-refractivity contribution in [1.29, 1.82) is 0 Å². The van der Waals surface area contributed by atoms with Gasteiger partial charge in [0.05, 0.1) is 18.8 Å². The van der Waals surface area contributed by atoms with Gasteiger partial charge in [0.1, 0.15) is 0 Å². The highest BCUT2D eigenvalue weighted by atomic mass is 16.3. The van der Waals surface area contributed by atoms with E-state index < -0.39 is 12.1 Å². The van der Waals surface area contributed by atoms with Crippen LogP contribution in [0.2, 0.25) is 0 Å². The lowest BCUT2D eigenvalue weighted by molar-refractivity contribution is -0.123. The molecule has 0 aromatic heterocycles. The van der Waals surface area contributed by atoms with E-state index in [0.717, 1.165) is 38.5 Å². The predicted octanol–water partition coefficient (Wildman–Crippen LogP) is 7.78. The van der Waals surface area contributed by atoms with E-state index in [1.807, 2.05) is 6.08 Å². The Kier molecular flexibility index (Phi) is 25.6. The van der Waals surface area contributed by atoms with Crippen molar-refractivity contribution in [2.45, 2.75) is 154 Å². The van der Waals surface area contributed by atoms with Gasteiger partial charge in [0.25, 0.3) is 0 Å². The van der Waals surface area contributed by atoms with Crippen molar-refractivity contribution in [3.8, 4) is 0 Å². The normalized spacial score (nSPS) is 13.6. The van der Waals surface area contributed by atoms with Gasteiger partial charge < -0.3 is 15.5 Å². The molecular weight excluding hydrogens is 422 g/mol. The number of amides is 1. The van der Waals surface area contributed by atoms with Gasteiger partial charge in [-0.05, 0) is 38.5 Å². The van der Waals surface area contributed by atoms with Crippen LogP contribution in [0.3, 0.4) is 0 Å². The van der Waals surface area contributed by atoms with Gasteiger partial charge in [0.15, 0.2) is 0 Å². The van der Waals surface area contributed by atoms with Crippen LogP contribution in [0.5, 0.6) is 0 Å². The summed E-state index contributed by atoms with van der Waals surface area (Å²) >= 11 is 0. The van der Waals surface area contributed by atoms with Gasteiger partial charge in [-0.1, -0.05) is 122 Å². The number of aliphatic hydroxyl groups is 2. The van der Waals surface area contributed by atoms with Crippen molar-refractivity contribution in [3.05, 3.63) is 24.3 Å². The molecule has 0 heterocycles. The lowest BCUT2D eigenvalue weighted by Crippen LogP contribution is -2.45. The molecule has 200 valence electrons. The first-order chi connectivity index (χ1) is 16.7. The van der Waals surface area contributed by atoms with Crippen molar-refractivity contribution in [1.82, 2.24) is 5.32 Å². The highest BCUT2D eigenvalue weighted by molar-refractivity contribution is 5.76. The quantitative estimate of drug-likeness (QED) is 0.0924. The van der Waals surface area contributed by atoms with Crippen molar-refractivity contribution in [2.75, 3.05) is 6.61 Å². The molecular formula is C30H57NO3. The van der Waals surface area contributed by atoms with E-state index in [-0.39, 0.29) is 12.5 Å². The molecule has 0 fully saturated rings. The van der Waals surface area contributed by atoms with E-state index >= 15 is 0 Å². The zero-order chi connectivity index (χ0) is 25.1. The molecule has 4 nitrogen and oxygen atoms in total. The SMILES string of the molecule is CCCC/C=C\CCCCCCCC(=O)NC(CO)C(O)/C=C/CCCCCCCCCCC. The van der Waals surface area contributed by atoms with Crippen LogP contribution < -0.4 is 5.32 Å². The van der Waals surface area contributed by atoms with Gasteiger partial charge in [-0.25, -0.2) is 0 Å². The first-order valence-electron chi connectivity index (χ1n) is 14.6. The number of carbonyl (C=O) groups excluding carboxylic acids is 1. The minimum Gasteiger partial charge on any atom is -0.394 e. The third-order valence-corrected chi connectivity index (χ3v) is 6.43. The van der Waals surface area contributed by atoms with Crippen molar-refractivity contribution < 1.29 is 15.0 Å². The average Bonchev–Trinajstić information content (AvgIpc) is 2.84. The highest BCUT2D eigenvalue weighted by Crippen LogP contribution is 2.11. The second-order valence-corrected chi connectivity index (χ2v) is 9.81. The van der Waals surface area contributed by atoms with Crippen LogP contribution in [0.4, 0.5) is 0 Å². The maximum Gasteiger partial charge on any atom is 0.220 e. The van der Waals surface area contributed by atoms with Crippen molar-refractivity contribution in [3.63, 3.8) is 0 Å². The monoisotopic (exact) mass is 479 g/mol. The molecule has 2 unspecified atom stereocenters. The molecule has 0 aliphatic rings. The Morgan fingerprint density at radius 2 is 1.15 bits per heavy atom. The van der Waals surface area contributed by atoms with Crippen LogP contribution in [0.25, 0.3) is 0 Å². The third-order valence-electron chi connectivity index (χ3n) is 6.43. The summed E-state index contributed by atoms with van der Waals surface area (Å²) in [7, 11) is 0. The number of hydrogen-bond acceptors (Lipinski definition) is 3. The number of carbonyl (C=O) groups is 1. The summed E-state index contributed by atoms with van der Waals surface area (Å²) in [6.07, 6.45) is 31.0. The number of allylic oxidation sites excluding steroid dienone is 3. The summed E-state index contributed by atoms with van der Waals surface area (Å²) in [6, 6.07) is -0.619. The predicted molar refractivity (Wildman–Crippen MR) is 147 cm³/mol. The molecule has 0 rings (SSSR count). The summed E-state index contributed by atoms with van der Waals surface area (Å²) in [5.74, 6) is -0.0794. The Balaban J connectivity index is 3.73. The van der Waals surface area contributed by atoms with Gasteiger partial charge in [-0.3, -0.25) is 4.79 Å². The zero-order valence-electron chi connectivity index (χ0n) is 22.6. The van der Waals surface area contributed by atoms with Gasteiger partial charge in [0, 0.05) is 6.42 Å². The van der Waals surface area contributed by atoms with E-state index in [4.69, 9.17) is 0 Å². The lowest BCUT2D eigenvalue weighted by atomic mass is 10.1. The molecule has 0 spiro atoms. The van der Waals surface area contributed by atoms with Crippen molar-refractivity contribution in [2.24, 2.45) is 0 Å². The van der Waals surface area contributed by atoms with E-state index in [0.29, 0.717) is 6.42 Å². The lowest BCUT2D eigenvalue weighted by Gasteiger charge is -2.20. The molecule has 0 aliphatic carbocycles. The first kappa shape index (κ1) is 32.9. The number of hydrogen-bond donors (Lipinski definition) is 3. The van der Waals surface area contributed by atoms with Crippen LogP contribution in [-0.4, -0.2) is 34.9 Å². The fraction of sp³-hybridized carbons (Fsp3) is 0.833. The molecule has 0 bridgehead atoms. The molecule has 0 saturated carbocycles. The maximum atomic E-state index is 12.2. The van der Waals surface area contributed by atoms with Crippen LogP contribution in [-0.2, 0) is 4.79 Å². The summed E-state index contributed by atoms with van der Waals surface area (Å²) in [5.41, 5.74) is 0. The minimum absolute atomic E-state index is 0.0794. The number of unbranched alkanes of at least 4 members (excludes halogenated alkanes) is 16. The molecule has 0 aromatic carbocycles. The van der Waals surface area contributed by atoms with Crippen molar-refractivity contribution >= 4 is 5.91 Å². The second kappa shape index (κ2) is 26.5. The fourth-order valence-corrected chi connectivity index (χ4v) is 4.10. The third kappa shape index (κ3) is 22.7. The Bertz CT molecular complexity index is 489. The van der Waals surface area contributed by atoms with Crippen LogP contribution in [0.15, 0.2) is 24.3 Å². The minimum atomic E-state index is -0.835. The van der Waals surface area contributed by atoms with Crippen LogP contribution >= 0.6 is 0 Å². The van der Waals surface area contributed by atoms with Gasteiger partial charge in [-0.2, -0.15) is 0 Å². The Morgan fingerprint density at radius 3 is 1.71 bits per heavy atom. The van der Waals surface area contributed by atoms with Crippen LogP contribution in [0.1, 0.15) is 142 Å². The second-order valence-electron chi connectivity index (χ2n) is 9.81. The van der Waals surface area contributed by atoms with Gasteiger partial charge in [0.2, 0.25) is 5.91 Å². The number of rotatable bonds is 25. The van der Waals surface area contributed by atoms with E-state index in [1.54, 1.807) is 6.08 Å². The highest BCUT2D eigenvalue weighted by Gasteiger charge is 2.17. The molecule has 4 heteroatoms. The molecule has 0 aromatic rings. The first-order valence-corrected chi connectivity index (χ1v) is 14.6. The largest absolute Gasteiger partial charge is 0.394 e. The Morgan fingerprint density at radius 1 is 0.676 bits per heavy atom. The van der Waals surface area contributed by atoms with Crippen LogP contribution in [0, 0.1) is 0 Å². The molecule has 3 N–H and O–H groups in total. The standard InChI is InChI=1S/C30H57NO3/c1-3-5-7-9-11-13-15-17-19-21-23-25-29(33)28(27-32)31-30(34)26-24-22-20-18-16-14-12-10-8-6-4-2/h10,12,23,25,28-29,32-33H,3-9,11,13-22,24,26-27H2,1-2H3,(H,31,34)/b12-10-,25-23+. The smallest absolute Gasteiger partial charge is 0.220 e. The maximum absolute atomic E-state index is 12.2. The molecule has 0 aliphatic heterocycles. The Labute approximate surface area is 211 Å². The van der Waals surface area contributed by atoms with E-state index in [9.17, 15) is 15.0 Å². The summed E-state index contributed by atoms with van der Waals surface area (Å²) in [6.45, 7) is 4.22. The molecule has 0 radical (unpaired) electrons. The summed E-state index contributed by atoms with van der Waals surface area (Å²) < 4.78 is 0. The molecule has 0 saturated heterocycles. The molecule has 1 amide bonds. The number of aliphatic hydroxyl groups excluding tert-OH is 2. The van der Waals surface area contributed by atoms with E-state index in [2.05, 4.69) is 31.3 Å². The molecule has 2 atom stereocenters.